The number of hydrogen-bond acceptors (Lipinski definition) is 3. The first-order valence-corrected chi connectivity index (χ1v) is 6.19. The minimum Gasteiger partial charge on any atom is -0.383 e. The van der Waals surface area contributed by atoms with Crippen molar-refractivity contribution in [3.8, 4) is 0 Å². The number of rotatable bonds is 7. The molecule has 17 heavy (non-hydrogen) atoms. The first-order valence-electron chi connectivity index (χ1n) is 6.19. The standard InChI is InChI=1S/C14H24N2O/c1-4-12-5-7-13(8-6-12)14(15)11-16(2)9-10-17-3/h5-8,14H,4,9-11,15H2,1-3H3. The summed E-state index contributed by atoms with van der Waals surface area (Å²) in [5, 5.41) is 0. The van der Waals surface area contributed by atoms with Crippen LogP contribution in [0.25, 0.3) is 0 Å². The largest absolute Gasteiger partial charge is 0.383 e. The molecule has 1 rings (SSSR count). The fourth-order valence-electron chi connectivity index (χ4n) is 1.78. The predicted molar refractivity (Wildman–Crippen MR) is 72.1 cm³/mol. The van der Waals surface area contributed by atoms with Crippen molar-refractivity contribution >= 4 is 0 Å². The second-order valence-corrected chi connectivity index (χ2v) is 4.46. The van der Waals surface area contributed by atoms with Crippen LogP contribution in [0.15, 0.2) is 24.3 Å². The van der Waals surface area contributed by atoms with Gasteiger partial charge in [0.2, 0.25) is 0 Å². The van der Waals surface area contributed by atoms with Crippen LogP contribution in [0.2, 0.25) is 0 Å². The number of methoxy groups -OCH3 is 1. The third-order valence-electron chi connectivity index (χ3n) is 3.00. The number of ether oxygens (including phenoxy) is 1. The Hall–Kier alpha value is -0.900. The molecule has 96 valence electrons. The van der Waals surface area contributed by atoms with Crippen LogP contribution in [0.1, 0.15) is 24.1 Å². The number of nitrogens with zero attached hydrogens (tertiary/aromatic N) is 1. The molecule has 2 N–H and O–H groups in total. The van der Waals surface area contributed by atoms with Crippen LogP contribution >= 0.6 is 0 Å². The summed E-state index contributed by atoms with van der Waals surface area (Å²) < 4.78 is 5.05. The zero-order valence-corrected chi connectivity index (χ0v) is 11.1. The van der Waals surface area contributed by atoms with E-state index in [1.807, 2.05) is 0 Å². The van der Waals surface area contributed by atoms with Crippen LogP contribution in [-0.2, 0) is 11.2 Å². The molecule has 0 aromatic heterocycles. The van der Waals surface area contributed by atoms with E-state index >= 15 is 0 Å². The first-order chi connectivity index (χ1) is 8.17. The fourth-order valence-corrected chi connectivity index (χ4v) is 1.78. The van der Waals surface area contributed by atoms with E-state index in [1.54, 1.807) is 7.11 Å². The van der Waals surface area contributed by atoms with Crippen molar-refractivity contribution in [3.05, 3.63) is 35.4 Å². The molecule has 0 aliphatic carbocycles. The minimum atomic E-state index is 0.0720. The van der Waals surface area contributed by atoms with Gasteiger partial charge in [-0.15, -0.1) is 0 Å². The minimum absolute atomic E-state index is 0.0720. The van der Waals surface area contributed by atoms with Gasteiger partial charge < -0.3 is 15.4 Å². The van der Waals surface area contributed by atoms with Crippen LogP contribution in [0.5, 0.6) is 0 Å². The van der Waals surface area contributed by atoms with E-state index in [9.17, 15) is 0 Å². The van der Waals surface area contributed by atoms with E-state index in [-0.39, 0.29) is 6.04 Å². The smallest absolute Gasteiger partial charge is 0.0589 e. The Bertz CT molecular complexity index is 311. The maximum absolute atomic E-state index is 6.18. The third-order valence-corrected chi connectivity index (χ3v) is 3.00. The zero-order chi connectivity index (χ0) is 12.7. The van der Waals surface area contributed by atoms with Gasteiger partial charge in [-0.1, -0.05) is 31.2 Å². The van der Waals surface area contributed by atoms with Crippen LogP contribution in [0, 0.1) is 0 Å². The Kier molecular flexibility index (Phi) is 6.19. The number of hydrogen-bond donors (Lipinski definition) is 1. The van der Waals surface area contributed by atoms with Crippen molar-refractivity contribution < 1.29 is 4.74 Å². The second-order valence-electron chi connectivity index (χ2n) is 4.46. The quantitative estimate of drug-likeness (QED) is 0.785. The molecule has 1 aromatic rings. The van der Waals surface area contributed by atoms with Crippen molar-refractivity contribution in [2.24, 2.45) is 5.73 Å². The molecule has 1 aromatic carbocycles. The summed E-state index contributed by atoms with van der Waals surface area (Å²) in [5.74, 6) is 0. The highest BCUT2D eigenvalue weighted by atomic mass is 16.5. The Morgan fingerprint density at radius 3 is 2.47 bits per heavy atom. The molecular formula is C14H24N2O. The SMILES string of the molecule is CCc1ccc(C(N)CN(C)CCOC)cc1. The topological polar surface area (TPSA) is 38.5 Å². The van der Waals surface area contributed by atoms with Crippen molar-refractivity contribution in [2.45, 2.75) is 19.4 Å². The highest BCUT2D eigenvalue weighted by molar-refractivity contribution is 5.25. The van der Waals surface area contributed by atoms with Gasteiger partial charge in [-0.2, -0.15) is 0 Å². The van der Waals surface area contributed by atoms with E-state index in [1.165, 1.54) is 11.1 Å². The van der Waals surface area contributed by atoms with Gasteiger partial charge in [-0.25, -0.2) is 0 Å². The monoisotopic (exact) mass is 236 g/mol. The van der Waals surface area contributed by atoms with Crippen molar-refractivity contribution in [3.63, 3.8) is 0 Å². The average molecular weight is 236 g/mol. The van der Waals surface area contributed by atoms with Gasteiger partial charge in [-0.3, -0.25) is 0 Å². The third kappa shape index (κ3) is 4.86. The molecule has 0 spiro atoms. The van der Waals surface area contributed by atoms with Crippen LogP contribution in [0.3, 0.4) is 0 Å². The van der Waals surface area contributed by atoms with Crippen LogP contribution in [-0.4, -0.2) is 38.8 Å². The highest BCUT2D eigenvalue weighted by Crippen LogP contribution is 2.13. The predicted octanol–water partition coefficient (Wildman–Crippen LogP) is 1.83. The lowest BCUT2D eigenvalue weighted by Gasteiger charge is -2.21. The summed E-state index contributed by atoms with van der Waals surface area (Å²) in [6.45, 7) is 4.68. The highest BCUT2D eigenvalue weighted by Gasteiger charge is 2.08. The Morgan fingerprint density at radius 2 is 1.94 bits per heavy atom. The molecule has 0 aliphatic rings. The maximum Gasteiger partial charge on any atom is 0.0589 e. The summed E-state index contributed by atoms with van der Waals surface area (Å²) in [4.78, 5) is 2.20. The molecule has 3 nitrogen and oxygen atoms in total. The van der Waals surface area contributed by atoms with Gasteiger partial charge in [-0.05, 0) is 24.6 Å². The number of aryl methyl sites for hydroxylation is 1. The van der Waals surface area contributed by atoms with E-state index in [0.29, 0.717) is 0 Å². The molecule has 0 aliphatic heterocycles. The molecule has 0 amide bonds. The second kappa shape index (κ2) is 7.43. The summed E-state index contributed by atoms with van der Waals surface area (Å²) in [5.41, 5.74) is 8.73. The average Bonchev–Trinajstić information content (AvgIpc) is 2.36. The van der Waals surface area contributed by atoms with Gasteiger partial charge in [0.1, 0.15) is 0 Å². The number of benzene rings is 1. The Balaban J connectivity index is 2.47. The summed E-state index contributed by atoms with van der Waals surface area (Å²) in [6.07, 6.45) is 1.07. The molecule has 3 heteroatoms. The normalized spacial score (nSPS) is 13.0. The van der Waals surface area contributed by atoms with Crippen molar-refractivity contribution in [1.29, 1.82) is 0 Å². The van der Waals surface area contributed by atoms with E-state index < -0.39 is 0 Å². The molecule has 1 unspecified atom stereocenters. The van der Waals surface area contributed by atoms with Crippen LogP contribution < -0.4 is 5.73 Å². The molecule has 0 fully saturated rings. The molecule has 0 bridgehead atoms. The van der Waals surface area contributed by atoms with Gasteiger partial charge in [0.25, 0.3) is 0 Å². The summed E-state index contributed by atoms with van der Waals surface area (Å²) in [7, 11) is 3.79. The van der Waals surface area contributed by atoms with Gasteiger partial charge >= 0.3 is 0 Å². The molecule has 0 heterocycles. The molecule has 0 saturated heterocycles. The number of likely N-dealkylation sites (N-methyl/N-ethyl adjacent to an activating group) is 1. The summed E-state index contributed by atoms with van der Waals surface area (Å²) in [6, 6.07) is 8.65. The Labute approximate surface area is 105 Å². The summed E-state index contributed by atoms with van der Waals surface area (Å²) >= 11 is 0. The fraction of sp³-hybridized carbons (Fsp3) is 0.571. The van der Waals surface area contributed by atoms with E-state index in [2.05, 4.69) is 43.1 Å². The van der Waals surface area contributed by atoms with Crippen LogP contribution in [0.4, 0.5) is 0 Å². The van der Waals surface area contributed by atoms with E-state index in [0.717, 1.165) is 26.1 Å². The lowest BCUT2D eigenvalue weighted by atomic mass is 10.0. The van der Waals surface area contributed by atoms with Crippen molar-refractivity contribution in [2.75, 3.05) is 33.9 Å². The zero-order valence-electron chi connectivity index (χ0n) is 11.1. The maximum atomic E-state index is 6.18. The molecule has 0 saturated carbocycles. The van der Waals surface area contributed by atoms with Gasteiger partial charge in [0.05, 0.1) is 6.61 Å². The molecule has 0 radical (unpaired) electrons. The number of nitrogens with two attached hydrogens (primary N) is 1. The molecule has 1 atom stereocenters. The lowest BCUT2D eigenvalue weighted by Crippen LogP contribution is -2.31. The lowest BCUT2D eigenvalue weighted by molar-refractivity contribution is 0.158. The van der Waals surface area contributed by atoms with Gasteiger partial charge in [0, 0.05) is 26.2 Å². The van der Waals surface area contributed by atoms with Gasteiger partial charge in [0.15, 0.2) is 0 Å². The van der Waals surface area contributed by atoms with Crippen molar-refractivity contribution in [1.82, 2.24) is 4.90 Å². The first kappa shape index (κ1) is 14.2. The molecular weight excluding hydrogens is 212 g/mol. The Morgan fingerprint density at radius 1 is 1.29 bits per heavy atom. The van der Waals surface area contributed by atoms with E-state index in [4.69, 9.17) is 10.5 Å².